The number of hydrogen-bond donors (Lipinski definition) is 12. The third-order valence-corrected chi connectivity index (χ3v) is 3.89. The van der Waals surface area contributed by atoms with Gasteiger partial charge in [0.25, 0.3) is 0 Å². The van der Waals surface area contributed by atoms with E-state index in [0.29, 0.717) is 25.9 Å². The van der Waals surface area contributed by atoms with Crippen molar-refractivity contribution in [3.63, 3.8) is 0 Å². The fraction of sp³-hybridized carbons (Fsp3) is 0.789. The SMILES string of the molecule is C[C@@H](O)[C@H](N)C(=O)O.NCCCC[C@H](N)C(=O)O.NCCCC[C@H](N)C(=O)O.N[C@@H](CO)C(=O)O. The number of carboxylic acid groups (broad SMARTS) is 4. The number of unbranched alkanes of at least 4 members (excludes halogenated alkanes) is 2. The van der Waals surface area contributed by atoms with Gasteiger partial charge in [-0.05, 0) is 45.7 Å². The van der Waals surface area contributed by atoms with Crippen LogP contribution in [0.4, 0.5) is 0 Å². The second-order valence-corrected chi connectivity index (χ2v) is 7.19. The number of rotatable bonds is 14. The molecule has 0 radical (unpaired) electrons. The van der Waals surface area contributed by atoms with E-state index in [1.54, 1.807) is 0 Å². The molecule has 0 heterocycles. The molecule has 0 aromatic heterocycles. The molecule has 210 valence electrons. The molecule has 0 saturated heterocycles. The van der Waals surface area contributed by atoms with Crippen LogP contribution in [-0.4, -0.2) is 104 Å². The molecule has 0 saturated carbocycles. The minimum atomic E-state index is -1.18. The zero-order valence-corrected chi connectivity index (χ0v) is 20.0. The van der Waals surface area contributed by atoms with Gasteiger partial charge in [0.15, 0.2) is 0 Å². The van der Waals surface area contributed by atoms with E-state index in [9.17, 15) is 19.2 Å². The van der Waals surface area contributed by atoms with E-state index < -0.39 is 60.8 Å². The first kappa shape index (κ1) is 39.8. The highest BCUT2D eigenvalue weighted by Gasteiger charge is 2.16. The zero-order chi connectivity index (χ0) is 28.6. The average molecular weight is 517 g/mol. The van der Waals surface area contributed by atoms with Gasteiger partial charge in [0.2, 0.25) is 0 Å². The third-order valence-electron chi connectivity index (χ3n) is 3.89. The number of aliphatic carboxylic acids is 4. The van der Waals surface area contributed by atoms with Crippen molar-refractivity contribution in [1.82, 2.24) is 0 Å². The maximum atomic E-state index is 10.1. The summed E-state index contributed by atoms with van der Waals surface area (Å²) in [6.45, 7) is 2.03. The third kappa shape index (κ3) is 31.6. The molecule has 0 aliphatic heterocycles. The molecule has 0 aliphatic carbocycles. The average Bonchev–Trinajstić information content (AvgIpc) is 2.78. The molecule has 0 rings (SSSR count). The van der Waals surface area contributed by atoms with E-state index in [1.807, 2.05) is 0 Å². The van der Waals surface area contributed by atoms with Gasteiger partial charge in [-0.3, -0.25) is 19.2 Å². The smallest absolute Gasteiger partial charge is 0.323 e. The van der Waals surface area contributed by atoms with Crippen molar-refractivity contribution >= 4 is 23.9 Å². The first-order valence-electron chi connectivity index (χ1n) is 10.7. The Kier molecular flexibility index (Phi) is 29.7. The summed E-state index contributed by atoms with van der Waals surface area (Å²) in [4.78, 5) is 39.8. The summed E-state index contributed by atoms with van der Waals surface area (Å²) in [5, 5.41) is 49.1. The topological polar surface area (TPSA) is 346 Å². The highest BCUT2D eigenvalue weighted by atomic mass is 16.4. The molecule has 0 aromatic carbocycles. The normalized spacial score (nSPS) is 14.1. The summed E-state index contributed by atoms with van der Waals surface area (Å²) in [7, 11) is 0. The standard InChI is InChI=1S/2C6H14N2O2.C4H9NO3.C3H7NO3/c2*7-4-2-1-3-5(8)6(9)10;1-2(6)3(5)4(7)8;4-2(1-5)3(6)7/h2*5H,1-4,7-8H2,(H,9,10);2-3,6H,5H2,1H3,(H,7,8);2,5H,1,4H2,(H,6,7)/t2*5-;2-,3+;2-/m0010/s1. The highest BCUT2D eigenvalue weighted by Crippen LogP contribution is 1.97. The second-order valence-electron chi connectivity index (χ2n) is 7.19. The highest BCUT2D eigenvalue weighted by molar-refractivity contribution is 5.74. The summed E-state index contributed by atoms with van der Waals surface area (Å²) < 4.78 is 0. The van der Waals surface area contributed by atoms with Crippen LogP contribution >= 0.6 is 0 Å². The van der Waals surface area contributed by atoms with Gasteiger partial charge in [0.05, 0.1) is 12.7 Å². The van der Waals surface area contributed by atoms with Crippen molar-refractivity contribution in [1.29, 1.82) is 0 Å². The molecule has 16 nitrogen and oxygen atoms in total. The van der Waals surface area contributed by atoms with E-state index in [1.165, 1.54) is 6.92 Å². The fourth-order valence-electron chi connectivity index (χ4n) is 1.55. The van der Waals surface area contributed by atoms with Crippen LogP contribution in [0.1, 0.15) is 45.4 Å². The number of nitrogens with two attached hydrogens (primary N) is 6. The number of carboxylic acids is 4. The lowest BCUT2D eigenvalue weighted by Gasteiger charge is -2.06. The van der Waals surface area contributed by atoms with Crippen LogP contribution in [0.3, 0.4) is 0 Å². The molecule has 16 heteroatoms. The largest absolute Gasteiger partial charge is 0.480 e. The van der Waals surface area contributed by atoms with Crippen LogP contribution in [0.5, 0.6) is 0 Å². The van der Waals surface area contributed by atoms with Gasteiger partial charge in [-0.25, -0.2) is 0 Å². The van der Waals surface area contributed by atoms with Crippen molar-refractivity contribution in [3.05, 3.63) is 0 Å². The van der Waals surface area contributed by atoms with E-state index in [-0.39, 0.29) is 0 Å². The van der Waals surface area contributed by atoms with Gasteiger partial charge >= 0.3 is 23.9 Å². The van der Waals surface area contributed by atoms with E-state index >= 15 is 0 Å². The number of aliphatic hydroxyl groups is 2. The molecular formula is C19H44N6O10. The predicted octanol–water partition coefficient (Wildman–Crippen LogP) is -3.78. The summed E-state index contributed by atoms with van der Waals surface area (Å²) in [5.41, 5.74) is 30.5. The summed E-state index contributed by atoms with van der Waals surface area (Å²) in [6, 6.07) is -3.71. The summed E-state index contributed by atoms with van der Waals surface area (Å²) >= 11 is 0. The summed E-state index contributed by atoms with van der Waals surface area (Å²) in [5.74, 6) is -4.23. The molecule has 0 fully saturated rings. The van der Waals surface area contributed by atoms with Crippen molar-refractivity contribution in [3.8, 4) is 0 Å². The second kappa shape index (κ2) is 26.2. The Morgan fingerprint density at radius 1 is 0.629 bits per heavy atom. The van der Waals surface area contributed by atoms with Crippen molar-refractivity contribution in [2.24, 2.45) is 34.4 Å². The Morgan fingerprint density at radius 2 is 0.943 bits per heavy atom. The van der Waals surface area contributed by atoms with Crippen molar-refractivity contribution < 1.29 is 49.8 Å². The molecule has 0 unspecified atom stereocenters. The van der Waals surface area contributed by atoms with Crippen molar-refractivity contribution in [2.75, 3.05) is 19.7 Å². The Morgan fingerprint density at radius 3 is 1.06 bits per heavy atom. The minimum Gasteiger partial charge on any atom is -0.480 e. The number of carbonyl (C=O) groups is 4. The number of aliphatic hydroxyl groups excluding tert-OH is 2. The monoisotopic (exact) mass is 516 g/mol. The molecule has 0 aromatic rings. The molecule has 35 heavy (non-hydrogen) atoms. The first-order chi connectivity index (χ1) is 16.1. The van der Waals surface area contributed by atoms with Crippen molar-refractivity contribution in [2.45, 2.75) is 75.7 Å². The van der Waals surface area contributed by atoms with Crippen LogP contribution in [0.15, 0.2) is 0 Å². The van der Waals surface area contributed by atoms with Crippen LogP contribution in [0.25, 0.3) is 0 Å². The van der Waals surface area contributed by atoms with Gasteiger partial charge in [-0.1, -0.05) is 12.8 Å². The minimum absolute atomic E-state index is 0.505. The molecule has 5 atom stereocenters. The van der Waals surface area contributed by atoms with Gasteiger partial charge in [-0.15, -0.1) is 0 Å². The van der Waals surface area contributed by atoms with Crippen LogP contribution in [0.2, 0.25) is 0 Å². The molecule has 0 bridgehead atoms. The Balaban J connectivity index is -0.000000185. The first-order valence-corrected chi connectivity index (χ1v) is 10.7. The van der Waals surface area contributed by atoms with Crippen LogP contribution < -0.4 is 34.4 Å². The quantitative estimate of drug-likeness (QED) is 0.0984. The van der Waals surface area contributed by atoms with Gasteiger partial charge < -0.3 is 65.0 Å². The maximum absolute atomic E-state index is 10.1. The lowest BCUT2D eigenvalue weighted by molar-refractivity contribution is -0.141. The Bertz CT molecular complexity index is 542. The summed E-state index contributed by atoms with van der Waals surface area (Å²) in [6.07, 6.45) is 3.35. The van der Waals surface area contributed by atoms with Gasteiger partial charge in [-0.2, -0.15) is 0 Å². The maximum Gasteiger partial charge on any atom is 0.323 e. The Hall–Kier alpha value is -2.44. The van der Waals surface area contributed by atoms with E-state index in [0.717, 1.165) is 25.7 Å². The predicted molar refractivity (Wildman–Crippen MR) is 127 cm³/mol. The molecule has 0 amide bonds. The van der Waals surface area contributed by atoms with Crippen LogP contribution in [-0.2, 0) is 19.2 Å². The van der Waals surface area contributed by atoms with Gasteiger partial charge in [0, 0.05) is 0 Å². The molecular weight excluding hydrogens is 472 g/mol. The fourth-order valence-corrected chi connectivity index (χ4v) is 1.55. The van der Waals surface area contributed by atoms with Gasteiger partial charge in [0.1, 0.15) is 24.2 Å². The number of hydrogen-bond acceptors (Lipinski definition) is 12. The van der Waals surface area contributed by atoms with E-state index in [2.05, 4.69) is 0 Å². The lowest BCUT2D eigenvalue weighted by Crippen LogP contribution is -2.39. The Labute approximate surface area is 204 Å². The molecule has 0 spiro atoms. The zero-order valence-electron chi connectivity index (χ0n) is 20.0. The molecule has 18 N–H and O–H groups in total. The van der Waals surface area contributed by atoms with E-state index in [4.69, 9.17) is 65.0 Å². The molecule has 0 aliphatic rings. The lowest BCUT2D eigenvalue weighted by atomic mass is 10.1. The van der Waals surface area contributed by atoms with Crippen LogP contribution in [0, 0.1) is 0 Å².